The van der Waals surface area contributed by atoms with E-state index in [9.17, 15) is 9.59 Å². The largest absolute Gasteiger partial charge is 0.462 e. The second kappa shape index (κ2) is 8.83. The number of carbonyl (C=O) groups is 2. The van der Waals surface area contributed by atoms with Crippen LogP contribution >= 0.6 is 34.4 Å². The van der Waals surface area contributed by atoms with Gasteiger partial charge in [0.15, 0.2) is 4.34 Å². The molecule has 0 aromatic carbocycles. The SMILES string of the molecule is CCNc1nnc(SCC(=O)Nc2sc3c(c2C(=O)OCC)CCC3)s1. The fourth-order valence-corrected chi connectivity index (χ4v) is 5.61. The number of thioether (sulfide) groups is 1. The first-order chi connectivity index (χ1) is 12.6. The number of hydrogen-bond acceptors (Lipinski definition) is 9. The molecule has 140 valence electrons. The van der Waals surface area contributed by atoms with Crippen molar-refractivity contribution < 1.29 is 14.3 Å². The smallest absolute Gasteiger partial charge is 0.341 e. The van der Waals surface area contributed by atoms with Gasteiger partial charge in [-0.25, -0.2) is 4.79 Å². The number of ether oxygens (including phenoxy) is 1. The molecule has 0 saturated carbocycles. The van der Waals surface area contributed by atoms with Gasteiger partial charge in [0.25, 0.3) is 0 Å². The molecule has 10 heteroatoms. The van der Waals surface area contributed by atoms with Crippen molar-refractivity contribution >= 4 is 56.4 Å². The van der Waals surface area contributed by atoms with Gasteiger partial charge >= 0.3 is 5.97 Å². The van der Waals surface area contributed by atoms with E-state index in [1.807, 2.05) is 6.92 Å². The van der Waals surface area contributed by atoms with E-state index in [4.69, 9.17) is 4.74 Å². The first-order valence-corrected chi connectivity index (χ1v) is 11.1. The second-order valence-electron chi connectivity index (χ2n) is 5.52. The van der Waals surface area contributed by atoms with E-state index >= 15 is 0 Å². The minimum absolute atomic E-state index is 0.166. The first kappa shape index (κ1) is 19.1. The van der Waals surface area contributed by atoms with Crippen molar-refractivity contribution in [2.45, 2.75) is 37.4 Å². The van der Waals surface area contributed by atoms with Crippen LogP contribution < -0.4 is 10.6 Å². The maximum atomic E-state index is 12.3. The molecule has 0 radical (unpaired) electrons. The molecule has 0 fully saturated rings. The number of esters is 1. The van der Waals surface area contributed by atoms with Crippen molar-refractivity contribution in [1.29, 1.82) is 0 Å². The highest BCUT2D eigenvalue weighted by molar-refractivity contribution is 8.01. The number of aromatic nitrogens is 2. The summed E-state index contributed by atoms with van der Waals surface area (Å²) in [6, 6.07) is 0. The van der Waals surface area contributed by atoms with Crippen LogP contribution in [0.4, 0.5) is 10.1 Å². The van der Waals surface area contributed by atoms with Crippen LogP contribution in [0.3, 0.4) is 0 Å². The number of anilines is 2. The lowest BCUT2D eigenvalue weighted by molar-refractivity contribution is -0.113. The number of nitrogens with one attached hydrogen (secondary N) is 2. The van der Waals surface area contributed by atoms with Gasteiger partial charge in [-0.05, 0) is 38.7 Å². The Kier molecular flexibility index (Phi) is 6.49. The molecule has 2 heterocycles. The van der Waals surface area contributed by atoms with E-state index in [1.54, 1.807) is 6.92 Å². The fourth-order valence-electron chi connectivity index (χ4n) is 2.69. The highest BCUT2D eigenvalue weighted by Gasteiger charge is 2.28. The lowest BCUT2D eigenvalue weighted by Gasteiger charge is -2.07. The molecule has 1 amide bonds. The predicted octanol–water partition coefficient (Wildman–Crippen LogP) is 3.43. The van der Waals surface area contributed by atoms with Gasteiger partial charge in [0.05, 0.1) is 17.9 Å². The van der Waals surface area contributed by atoms with Crippen LogP contribution in [0.1, 0.15) is 41.1 Å². The normalized spacial score (nSPS) is 12.7. The number of thiophene rings is 1. The molecular formula is C16H20N4O3S3. The van der Waals surface area contributed by atoms with Gasteiger partial charge in [0.2, 0.25) is 11.0 Å². The molecule has 0 unspecified atom stereocenters. The molecule has 0 saturated heterocycles. The Labute approximate surface area is 163 Å². The van der Waals surface area contributed by atoms with Crippen molar-refractivity contribution in [3.8, 4) is 0 Å². The lowest BCUT2D eigenvalue weighted by Crippen LogP contribution is -2.16. The molecule has 3 rings (SSSR count). The maximum Gasteiger partial charge on any atom is 0.341 e. The zero-order valence-corrected chi connectivity index (χ0v) is 17.0. The molecule has 2 N–H and O–H groups in total. The van der Waals surface area contributed by atoms with Crippen molar-refractivity contribution in [3.05, 3.63) is 16.0 Å². The third-order valence-electron chi connectivity index (χ3n) is 3.72. The summed E-state index contributed by atoms with van der Waals surface area (Å²) in [6.45, 7) is 4.86. The summed E-state index contributed by atoms with van der Waals surface area (Å²) in [5.41, 5.74) is 1.57. The number of fused-ring (bicyclic) bond motifs is 1. The number of nitrogens with zero attached hydrogens (tertiary/aromatic N) is 2. The van der Waals surface area contributed by atoms with Crippen molar-refractivity contribution in [2.75, 3.05) is 29.5 Å². The summed E-state index contributed by atoms with van der Waals surface area (Å²) < 4.78 is 5.91. The third kappa shape index (κ3) is 4.36. The number of rotatable bonds is 8. The van der Waals surface area contributed by atoms with Crippen LogP contribution in [0.25, 0.3) is 0 Å². The molecule has 1 aliphatic carbocycles. The Hall–Kier alpha value is -1.65. The Morgan fingerprint density at radius 2 is 2.08 bits per heavy atom. The number of amides is 1. The van der Waals surface area contributed by atoms with Gasteiger partial charge in [-0.2, -0.15) is 0 Å². The summed E-state index contributed by atoms with van der Waals surface area (Å²) in [5.74, 6) is -0.305. The highest BCUT2D eigenvalue weighted by Crippen LogP contribution is 2.39. The predicted molar refractivity (Wildman–Crippen MR) is 106 cm³/mol. The van der Waals surface area contributed by atoms with E-state index in [2.05, 4.69) is 20.8 Å². The molecule has 2 aromatic heterocycles. The standard InChI is InChI=1S/C16H20N4O3S3/c1-3-17-15-19-20-16(26-15)24-8-11(21)18-13-12(14(22)23-4-2)9-6-5-7-10(9)25-13/h3-8H2,1-2H3,(H,17,19)(H,18,21). The molecular weight excluding hydrogens is 392 g/mol. The Morgan fingerprint density at radius 1 is 1.23 bits per heavy atom. The Bertz CT molecular complexity index is 803. The van der Waals surface area contributed by atoms with E-state index in [0.717, 1.165) is 40.8 Å². The average molecular weight is 413 g/mol. The molecule has 7 nitrogen and oxygen atoms in total. The van der Waals surface area contributed by atoms with Gasteiger partial charge in [-0.15, -0.1) is 21.5 Å². The molecule has 26 heavy (non-hydrogen) atoms. The van der Waals surface area contributed by atoms with Crippen LogP contribution in [0.2, 0.25) is 0 Å². The zero-order valence-electron chi connectivity index (χ0n) is 14.6. The number of aryl methyl sites for hydroxylation is 1. The summed E-state index contributed by atoms with van der Waals surface area (Å²) in [6.07, 6.45) is 2.86. The van der Waals surface area contributed by atoms with Gasteiger partial charge in [-0.3, -0.25) is 4.79 Å². The van der Waals surface area contributed by atoms with E-state index in [1.165, 1.54) is 39.3 Å². The fraction of sp³-hybridized carbons (Fsp3) is 0.500. The van der Waals surface area contributed by atoms with Gasteiger partial charge in [0.1, 0.15) is 5.00 Å². The van der Waals surface area contributed by atoms with Gasteiger partial charge in [-0.1, -0.05) is 23.1 Å². The molecule has 2 aromatic rings. The van der Waals surface area contributed by atoms with Crippen LogP contribution in [0.5, 0.6) is 0 Å². The molecule has 0 bridgehead atoms. The number of carbonyl (C=O) groups excluding carboxylic acids is 2. The van der Waals surface area contributed by atoms with Crippen molar-refractivity contribution in [2.24, 2.45) is 0 Å². The minimum atomic E-state index is -0.353. The highest BCUT2D eigenvalue weighted by atomic mass is 32.2. The average Bonchev–Trinajstić information content (AvgIpc) is 3.29. The zero-order chi connectivity index (χ0) is 18.5. The summed E-state index contributed by atoms with van der Waals surface area (Å²) >= 11 is 4.23. The topological polar surface area (TPSA) is 93.2 Å². The first-order valence-electron chi connectivity index (χ1n) is 8.44. The van der Waals surface area contributed by atoms with E-state index < -0.39 is 0 Å². The third-order valence-corrected chi connectivity index (χ3v) is 6.94. The summed E-state index contributed by atoms with van der Waals surface area (Å²) in [5, 5.41) is 15.4. The second-order valence-corrected chi connectivity index (χ2v) is 8.83. The van der Waals surface area contributed by atoms with Crippen molar-refractivity contribution in [1.82, 2.24) is 10.2 Å². The number of hydrogen-bond donors (Lipinski definition) is 2. The quantitative estimate of drug-likeness (QED) is 0.507. The van der Waals surface area contributed by atoms with E-state index in [-0.39, 0.29) is 17.6 Å². The monoisotopic (exact) mass is 412 g/mol. The summed E-state index contributed by atoms with van der Waals surface area (Å²) in [7, 11) is 0. The molecule has 1 aliphatic rings. The van der Waals surface area contributed by atoms with Crippen molar-refractivity contribution in [3.63, 3.8) is 0 Å². The van der Waals surface area contributed by atoms with Crippen LogP contribution in [-0.2, 0) is 22.4 Å². The Balaban J connectivity index is 1.64. The summed E-state index contributed by atoms with van der Waals surface area (Å²) in [4.78, 5) is 25.8. The molecule has 0 spiro atoms. The van der Waals surface area contributed by atoms with Gasteiger partial charge in [0, 0.05) is 11.4 Å². The van der Waals surface area contributed by atoms with Gasteiger partial charge < -0.3 is 15.4 Å². The van der Waals surface area contributed by atoms with E-state index in [0.29, 0.717) is 17.2 Å². The lowest BCUT2D eigenvalue weighted by atomic mass is 10.1. The van der Waals surface area contributed by atoms with Crippen LogP contribution in [0.15, 0.2) is 4.34 Å². The molecule has 0 aliphatic heterocycles. The minimum Gasteiger partial charge on any atom is -0.462 e. The maximum absolute atomic E-state index is 12.3. The van der Waals surface area contributed by atoms with Crippen LogP contribution in [0, 0.1) is 0 Å². The Morgan fingerprint density at radius 3 is 2.85 bits per heavy atom. The van der Waals surface area contributed by atoms with Crippen LogP contribution in [-0.4, -0.2) is 41.0 Å². The molecule has 0 atom stereocenters.